The Balaban J connectivity index is 1.58. The predicted octanol–water partition coefficient (Wildman–Crippen LogP) is 4.20. The molecule has 0 aliphatic carbocycles. The Hall–Kier alpha value is -2.26. The lowest BCUT2D eigenvalue weighted by atomic mass is 10.2. The minimum absolute atomic E-state index is 0.766. The van der Waals surface area contributed by atoms with E-state index in [2.05, 4.69) is 39.1 Å². The van der Waals surface area contributed by atoms with E-state index in [9.17, 15) is 0 Å². The second-order valence-corrected chi connectivity index (χ2v) is 5.35. The van der Waals surface area contributed by atoms with Gasteiger partial charge in [-0.2, -0.15) is 0 Å². The maximum Gasteiger partial charge on any atom is 0.0949 e. The van der Waals surface area contributed by atoms with Gasteiger partial charge < -0.3 is 9.88 Å². The van der Waals surface area contributed by atoms with Crippen molar-refractivity contribution in [3.05, 3.63) is 83.4 Å². The van der Waals surface area contributed by atoms with Gasteiger partial charge in [0.05, 0.1) is 6.33 Å². The van der Waals surface area contributed by atoms with Crippen LogP contribution in [0.25, 0.3) is 0 Å². The van der Waals surface area contributed by atoms with Gasteiger partial charge in [0, 0.05) is 36.2 Å². The summed E-state index contributed by atoms with van der Waals surface area (Å²) in [5.41, 5.74) is 3.58. The van der Waals surface area contributed by atoms with Crippen molar-refractivity contribution in [3.63, 3.8) is 0 Å². The van der Waals surface area contributed by atoms with Crippen molar-refractivity contribution in [1.29, 1.82) is 0 Å². The summed E-state index contributed by atoms with van der Waals surface area (Å²) in [5, 5.41) is 4.17. The van der Waals surface area contributed by atoms with Crippen molar-refractivity contribution in [3.8, 4) is 0 Å². The highest BCUT2D eigenvalue weighted by atomic mass is 35.5. The Morgan fingerprint density at radius 1 is 0.952 bits per heavy atom. The highest BCUT2D eigenvalue weighted by Gasteiger charge is 1.97. The van der Waals surface area contributed by atoms with E-state index in [-0.39, 0.29) is 0 Å². The van der Waals surface area contributed by atoms with Crippen molar-refractivity contribution in [1.82, 2.24) is 9.55 Å². The Morgan fingerprint density at radius 3 is 2.33 bits per heavy atom. The average molecular weight is 298 g/mol. The van der Waals surface area contributed by atoms with E-state index < -0.39 is 0 Å². The van der Waals surface area contributed by atoms with E-state index in [4.69, 9.17) is 11.6 Å². The Morgan fingerprint density at radius 2 is 1.67 bits per heavy atom. The zero-order chi connectivity index (χ0) is 14.5. The van der Waals surface area contributed by atoms with E-state index in [0.717, 1.165) is 23.8 Å². The molecule has 0 fully saturated rings. The molecule has 1 heterocycles. The molecule has 3 nitrogen and oxygen atoms in total. The molecule has 0 bridgehead atoms. The van der Waals surface area contributed by atoms with E-state index in [1.54, 1.807) is 6.20 Å². The van der Waals surface area contributed by atoms with Crippen molar-refractivity contribution >= 4 is 17.3 Å². The maximum absolute atomic E-state index is 5.88. The Bertz CT molecular complexity index is 673. The second kappa shape index (κ2) is 6.46. The van der Waals surface area contributed by atoms with Gasteiger partial charge in [-0.15, -0.1) is 0 Å². The summed E-state index contributed by atoms with van der Waals surface area (Å²) in [6.07, 6.45) is 5.58. The smallest absolute Gasteiger partial charge is 0.0949 e. The van der Waals surface area contributed by atoms with Gasteiger partial charge >= 0.3 is 0 Å². The molecule has 0 unspecified atom stereocenters. The summed E-state index contributed by atoms with van der Waals surface area (Å²) in [7, 11) is 0. The zero-order valence-corrected chi connectivity index (χ0v) is 12.3. The fourth-order valence-corrected chi connectivity index (χ4v) is 2.25. The SMILES string of the molecule is Clc1ccc(CNc2ccc(Cn3ccnc3)cc2)cc1. The minimum Gasteiger partial charge on any atom is -0.381 e. The Labute approximate surface area is 129 Å². The molecule has 0 saturated heterocycles. The summed E-state index contributed by atoms with van der Waals surface area (Å²) in [6, 6.07) is 16.3. The first-order chi connectivity index (χ1) is 10.3. The van der Waals surface area contributed by atoms with Gasteiger partial charge in [-0.1, -0.05) is 35.9 Å². The first-order valence-corrected chi connectivity index (χ1v) is 7.20. The minimum atomic E-state index is 0.766. The summed E-state index contributed by atoms with van der Waals surface area (Å²) >= 11 is 5.88. The molecule has 3 rings (SSSR count). The zero-order valence-electron chi connectivity index (χ0n) is 11.5. The molecule has 1 aromatic heterocycles. The third-order valence-corrected chi connectivity index (χ3v) is 3.54. The molecule has 1 N–H and O–H groups in total. The van der Waals surface area contributed by atoms with Crippen molar-refractivity contribution < 1.29 is 0 Å². The van der Waals surface area contributed by atoms with Crippen LogP contribution in [0.2, 0.25) is 5.02 Å². The average Bonchev–Trinajstić information content (AvgIpc) is 3.01. The normalized spacial score (nSPS) is 10.5. The maximum atomic E-state index is 5.88. The molecule has 0 aliphatic rings. The molecule has 0 radical (unpaired) electrons. The van der Waals surface area contributed by atoms with E-state index in [1.807, 2.05) is 36.8 Å². The second-order valence-electron chi connectivity index (χ2n) is 4.91. The largest absolute Gasteiger partial charge is 0.381 e. The van der Waals surface area contributed by atoms with Gasteiger partial charge in [-0.25, -0.2) is 4.98 Å². The number of imidazole rings is 1. The molecule has 4 heteroatoms. The lowest BCUT2D eigenvalue weighted by molar-refractivity contribution is 0.797. The van der Waals surface area contributed by atoms with Crippen LogP contribution in [0.3, 0.4) is 0 Å². The van der Waals surface area contributed by atoms with Crippen LogP contribution in [0.1, 0.15) is 11.1 Å². The number of aromatic nitrogens is 2. The van der Waals surface area contributed by atoms with Gasteiger partial charge in [0.2, 0.25) is 0 Å². The third kappa shape index (κ3) is 3.86. The molecule has 0 aliphatic heterocycles. The molecule has 106 valence electrons. The van der Waals surface area contributed by atoms with Gasteiger partial charge in [0.1, 0.15) is 0 Å². The van der Waals surface area contributed by atoms with Crippen LogP contribution < -0.4 is 5.32 Å². The first kappa shape index (κ1) is 13.7. The predicted molar refractivity (Wildman–Crippen MR) is 86.5 cm³/mol. The molecule has 3 aromatic rings. The van der Waals surface area contributed by atoms with Crippen LogP contribution in [0, 0.1) is 0 Å². The topological polar surface area (TPSA) is 29.9 Å². The summed E-state index contributed by atoms with van der Waals surface area (Å²) in [4.78, 5) is 4.05. The van der Waals surface area contributed by atoms with Gasteiger partial charge in [0.25, 0.3) is 0 Å². The number of nitrogens with zero attached hydrogens (tertiary/aromatic N) is 2. The van der Waals surface area contributed by atoms with Gasteiger partial charge in [-0.3, -0.25) is 0 Å². The summed E-state index contributed by atoms with van der Waals surface area (Å²) in [5.74, 6) is 0. The van der Waals surface area contributed by atoms with Gasteiger partial charge in [0.15, 0.2) is 0 Å². The van der Waals surface area contributed by atoms with E-state index in [0.29, 0.717) is 0 Å². The fraction of sp³-hybridized carbons (Fsp3) is 0.118. The lowest BCUT2D eigenvalue weighted by Gasteiger charge is -2.08. The third-order valence-electron chi connectivity index (χ3n) is 3.29. The quantitative estimate of drug-likeness (QED) is 0.765. The number of benzene rings is 2. The summed E-state index contributed by atoms with van der Waals surface area (Å²) in [6.45, 7) is 1.63. The van der Waals surface area contributed by atoms with Crippen LogP contribution in [0.4, 0.5) is 5.69 Å². The molecule has 0 atom stereocenters. The van der Waals surface area contributed by atoms with Crippen LogP contribution in [-0.4, -0.2) is 9.55 Å². The summed E-state index contributed by atoms with van der Waals surface area (Å²) < 4.78 is 2.05. The Kier molecular flexibility index (Phi) is 4.22. The molecule has 0 saturated carbocycles. The molecular weight excluding hydrogens is 282 g/mol. The lowest BCUT2D eigenvalue weighted by Crippen LogP contribution is -2.00. The first-order valence-electron chi connectivity index (χ1n) is 6.82. The van der Waals surface area contributed by atoms with Crippen molar-refractivity contribution in [2.75, 3.05) is 5.32 Å². The highest BCUT2D eigenvalue weighted by molar-refractivity contribution is 6.30. The van der Waals surface area contributed by atoms with E-state index in [1.165, 1.54) is 11.1 Å². The van der Waals surface area contributed by atoms with Crippen LogP contribution in [0.15, 0.2) is 67.3 Å². The number of anilines is 1. The molecule has 21 heavy (non-hydrogen) atoms. The van der Waals surface area contributed by atoms with Crippen LogP contribution >= 0.6 is 11.6 Å². The van der Waals surface area contributed by atoms with Crippen LogP contribution in [-0.2, 0) is 13.1 Å². The van der Waals surface area contributed by atoms with Crippen molar-refractivity contribution in [2.24, 2.45) is 0 Å². The van der Waals surface area contributed by atoms with Gasteiger partial charge in [-0.05, 0) is 35.4 Å². The standard InChI is InChI=1S/C17H16ClN3/c18-16-5-1-14(2-6-16)11-20-17-7-3-15(4-8-17)12-21-10-9-19-13-21/h1-10,13,20H,11-12H2. The molecule has 0 amide bonds. The number of hydrogen-bond acceptors (Lipinski definition) is 2. The van der Waals surface area contributed by atoms with Crippen molar-refractivity contribution in [2.45, 2.75) is 13.1 Å². The number of hydrogen-bond donors (Lipinski definition) is 1. The molecule has 0 spiro atoms. The molecular formula is C17H16ClN3. The highest BCUT2D eigenvalue weighted by Crippen LogP contribution is 2.14. The van der Waals surface area contributed by atoms with Crippen LogP contribution in [0.5, 0.6) is 0 Å². The molecule has 2 aromatic carbocycles. The number of rotatable bonds is 5. The number of nitrogens with one attached hydrogen (secondary N) is 1. The fourth-order valence-electron chi connectivity index (χ4n) is 2.13. The van der Waals surface area contributed by atoms with E-state index >= 15 is 0 Å². The number of halogens is 1. The monoisotopic (exact) mass is 297 g/mol.